The van der Waals surface area contributed by atoms with E-state index in [4.69, 9.17) is 9.52 Å². The number of unbranched alkanes of at least 4 members (excludes halogenated alkanes) is 9. The molecule has 3 nitrogen and oxygen atoms in total. The van der Waals surface area contributed by atoms with E-state index in [1.54, 1.807) is 0 Å². The number of carboxylic acid groups (broad SMARTS) is 1. The maximum absolute atomic E-state index is 10.4. The zero-order chi connectivity index (χ0) is 16.8. The molecule has 0 aromatic carbocycles. The lowest BCUT2D eigenvalue weighted by Crippen LogP contribution is -1.93. The van der Waals surface area contributed by atoms with Crippen molar-refractivity contribution in [2.24, 2.45) is 0 Å². The van der Waals surface area contributed by atoms with Crippen LogP contribution in [0.2, 0.25) is 0 Å². The summed E-state index contributed by atoms with van der Waals surface area (Å²) in [4.78, 5) is 10.4. The molecular formula is C20H34O3. The molecule has 23 heavy (non-hydrogen) atoms. The summed E-state index contributed by atoms with van der Waals surface area (Å²) >= 11 is 0. The van der Waals surface area contributed by atoms with Crippen molar-refractivity contribution >= 4 is 5.97 Å². The Labute approximate surface area is 141 Å². The van der Waals surface area contributed by atoms with Gasteiger partial charge in [0.15, 0.2) is 0 Å². The van der Waals surface area contributed by atoms with Gasteiger partial charge in [-0.15, -0.1) is 0 Å². The molecule has 0 saturated carbocycles. The highest BCUT2D eigenvalue weighted by molar-refractivity contribution is 5.66. The van der Waals surface area contributed by atoms with E-state index in [1.807, 2.05) is 0 Å². The lowest BCUT2D eigenvalue weighted by atomic mass is 10.1. The quantitative estimate of drug-likeness (QED) is 0.394. The van der Waals surface area contributed by atoms with Crippen LogP contribution in [0.15, 0.2) is 16.5 Å². The van der Waals surface area contributed by atoms with Gasteiger partial charge in [0.25, 0.3) is 0 Å². The topological polar surface area (TPSA) is 50.4 Å². The van der Waals surface area contributed by atoms with Gasteiger partial charge in [0, 0.05) is 19.3 Å². The summed E-state index contributed by atoms with van der Waals surface area (Å²) in [6, 6.07) is 4.28. The van der Waals surface area contributed by atoms with E-state index in [9.17, 15) is 4.79 Å². The fourth-order valence-corrected chi connectivity index (χ4v) is 2.88. The minimum atomic E-state index is -0.670. The van der Waals surface area contributed by atoms with Crippen molar-refractivity contribution in [1.82, 2.24) is 0 Å². The Morgan fingerprint density at radius 3 is 1.83 bits per heavy atom. The Morgan fingerprint density at radius 1 is 0.826 bits per heavy atom. The average molecular weight is 322 g/mol. The Hall–Kier alpha value is -1.25. The summed E-state index contributed by atoms with van der Waals surface area (Å²) in [5.74, 6) is 1.62. The van der Waals surface area contributed by atoms with E-state index >= 15 is 0 Å². The molecule has 0 fully saturated rings. The summed E-state index contributed by atoms with van der Waals surface area (Å²) in [6.45, 7) is 2.23. The van der Waals surface area contributed by atoms with Crippen molar-refractivity contribution in [2.75, 3.05) is 0 Å². The van der Waals surface area contributed by atoms with Crippen LogP contribution >= 0.6 is 0 Å². The largest absolute Gasteiger partial charge is 0.481 e. The molecule has 1 N–H and O–H groups in total. The Morgan fingerprint density at radius 2 is 1.30 bits per heavy atom. The van der Waals surface area contributed by atoms with Gasteiger partial charge in [-0.05, 0) is 31.4 Å². The van der Waals surface area contributed by atoms with Crippen LogP contribution in [-0.4, -0.2) is 11.1 Å². The average Bonchev–Trinajstić information content (AvgIpc) is 2.97. The van der Waals surface area contributed by atoms with E-state index < -0.39 is 5.97 Å². The van der Waals surface area contributed by atoms with Crippen molar-refractivity contribution < 1.29 is 14.3 Å². The molecule has 1 aromatic heterocycles. The number of rotatable bonds is 15. The molecular weight excluding hydrogens is 288 g/mol. The second-order valence-corrected chi connectivity index (χ2v) is 6.55. The highest BCUT2D eigenvalue weighted by Crippen LogP contribution is 2.15. The Bertz CT molecular complexity index is 409. The molecule has 0 aliphatic heterocycles. The summed E-state index contributed by atoms with van der Waals surface area (Å²) < 4.78 is 5.87. The fraction of sp³-hybridized carbons (Fsp3) is 0.750. The zero-order valence-corrected chi connectivity index (χ0v) is 14.8. The van der Waals surface area contributed by atoms with Gasteiger partial charge in [-0.2, -0.15) is 0 Å². The van der Waals surface area contributed by atoms with Crippen LogP contribution < -0.4 is 0 Å². The van der Waals surface area contributed by atoms with Gasteiger partial charge in [-0.25, -0.2) is 0 Å². The van der Waals surface area contributed by atoms with Crippen molar-refractivity contribution in [3.8, 4) is 0 Å². The van der Waals surface area contributed by atoms with E-state index in [1.165, 1.54) is 57.8 Å². The van der Waals surface area contributed by atoms with E-state index in [2.05, 4.69) is 19.1 Å². The lowest BCUT2D eigenvalue weighted by Gasteiger charge is -2.01. The van der Waals surface area contributed by atoms with E-state index in [0.29, 0.717) is 6.42 Å². The molecule has 0 atom stereocenters. The molecule has 0 aliphatic carbocycles. The van der Waals surface area contributed by atoms with Crippen molar-refractivity contribution in [1.29, 1.82) is 0 Å². The third-order valence-corrected chi connectivity index (χ3v) is 4.31. The van der Waals surface area contributed by atoms with Gasteiger partial charge in [-0.1, -0.05) is 58.3 Å². The Kier molecular flexibility index (Phi) is 11.4. The summed E-state index contributed by atoms with van der Waals surface area (Å²) in [5.41, 5.74) is 0. The first kappa shape index (κ1) is 19.8. The third-order valence-electron chi connectivity index (χ3n) is 4.31. The second kappa shape index (κ2) is 13.2. The van der Waals surface area contributed by atoms with Crippen molar-refractivity contribution in [3.63, 3.8) is 0 Å². The van der Waals surface area contributed by atoms with Crippen molar-refractivity contribution in [2.45, 2.75) is 96.8 Å². The SMILES string of the molecule is CCCCCc1ccc(CCCCCCCCCCC(=O)O)o1. The maximum atomic E-state index is 10.4. The number of hydrogen-bond donors (Lipinski definition) is 1. The number of carboxylic acids is 1. The van der Waals surface area contributed by atoms with Crippen molar-refractivity contribution in [3.05, 3.63) is 23.7 Å². The van der Waals surface area contributed by atoms with Crippen LogP contribution in [0.5, 0.6) is 0 Å². The molecule has 0 unspecified atom stereocenters. The van der Waals surface area contributed by atoms with Crippen LogP contribution in [0.1, 0.15) is 95.5 Å². The van der Waals surface area contributed by atoms with Crippen LogP contribution in [0.25, 0.3) is 0 Å². The van der Waals surface area contributed by atoms with Gasteiger partial charge in [-0.3, -0.25) is 4.79 Å². The smallest absolute Gasteiger partial charge is 0.303 e. The molecule has 0 aliphatic rings. The molecule has 1 heterocycles. The number of aryl methyl sites for hydroxylation is 2. The predicted molar refractivity (Wildman–Crippen MR) is 94.8 cm³/mol. The first-order chi connectivity index (χ1) is 11.2. The summed E-state index contributed by atoms with van der Waals surface area (Å²) in [7, 11) is 0. The highest BCUT2D eigenvalue weighted by Gasteiger charge is 2.02. The predicted octanol–water partition coefficient (Wildman–Crippen LogP) is 6.15. The van der Waals surface area contributed by atoms with Crippen LogP contribution in [0, 0.1) is 0 Å². The van der Waals surface area contributed by atoms with Crippen LogP contribution in [-0.2, 0) is 17.6 Å². The normalized spacial score (nSPS) is 11.0. The lowest BCUT2D eigenvalue weighted by molar-refractivity contribution is -0.137. The second-order valence-electron chi connectivity index (χ2n) is 6.55. The molecule has 132 valence electrons. The first-order valence-corrected chi connectivity index (χ1v) is 9.51. The monoisotopic (exact) mass is 322 g/mol. The number of furan rings is 1. The molecule has 0 bridgehead atoms. The molecule has 3 heteroatoms. The molecule has 0 saturated heterocycles. The van der Waals surface area contributed by atoms with Gasteiger partial charge in [0.05, 0.1) is 0 Å². The molecule has 1 aromatic rings. The number of carbonyl (C=O) groups is 1. The molecule has 0 amide bonds. The third kappa shape index (κ3) is 11.0. The van der Waals surface area contributed by atoms with Gasteiger partial charge < -0.3 is 9.52 Å². The van der Waals surface area contributed by atoms with Crippen LogP contribution in [0.4, 0.5) is 0 Å². The Balaban J connectivity index is 1.92. The van der Waals surface area contributed by atoms with Gasteiger partial charge in [0.2, 0.25) is 0 Å². The minimum Gasteiger partial charge on any atom is -0.481 e. The first-order valence-electron chi connectivity index (χ1n) is 9.51. The zero-order valence-electron chi connectivity index (χ0n) is 14.8. The highest BCUT2D eigenvalue weighted by atomic mass is 16.4. The molecule has 1 rings (SSSR count). The summed E-state index contributed by atoms with van der Waals surface area (Å²) in [5, 5.41) is 8.55. The standard InChI is InChI=1S/C20H34O3/c1-2-3-10-13-18-16-17-19(23-18)14-11-8-6-4-5-7-9-12-15-20(21)22/h16-17H,2-15H2,1H3,(H,21,22). The van der Waals surface area contributed by atoms with Gasteiger partial charge >= 0.3 is 5.97 Å². The molecule has 0 radical (unpaired) electrons. The number of hydrogen-bond acceptors (Lipinski definition) is 2. The maximum Gasteiger partial charge on any atom is 0.303 e. The fourth-order valence-electron chi connectivity index (χ4n) is 2.88. The van der Waals surface area contributed by atoms with E-state index in [0.717, 1.165) is 37.2 Å². The minimum absolute atomic E-state index is 0.323. The van der Waals surface area contributed by atoms with Crippen LogP contribution in [0.3, 0.4) is 0 Å². The van der Waals surface area contributed by atoms with E-state index in [-0.39, 0.29) is 0 Å². The van der Waals surface area contributed by atoms with Gasteiger partial charge in [0.1, 0.15) is 11.5 Å². The number of aliphatic carboxylic acids is 1. The molecule has 0 spiro atoms. The summed E-state index contributed by atoms with van der Waals surface area (Å²) in [6.07, 6.45) is 15.6.